The first-order chi connectivity index (χ1) is 9.29. The third kappa shape index (κ3) is 8.92. The molecule has 0 aliphatic carbocycles. The summed E-state index contributed by atoms with van der Waals surface area (Å²) in [4.78, 5) is 3.60. The van der Waals surface area contributed by atoms with Crippen molar-refractivity contribution < 1.29 is 47.6 Å². The minimum absolute atomic E-state index is 0. The standard InChI is InChI=1S/C12H15NO4S3.Na/c1-9(11(14)13-7-8-20(15,16)17)19-12(18)10-5-3-2-4-6-10;/h2-6,9H,7-8H2,1H3,(H,13,14)(H,15,16,17);/q;+1/p-1. The normalized spacial score (nSPS) is 13.3. The van der Waals surface area contributed by atoms with Crippen molar-refractivity contribution in [2.24, 2.45) is 4.99 Å². The Hall–Kier alpha value is 0.0400. The van der Waals surface area contributed by atoms with Gasteiger partial charge in [0.1, 0.15) is 0 Å². The molecular formula is C12H14NNaO4S3. The van der Waals surface area contributed by atoms with Gasteiger partial charge in [-0.1, -0.05) is 42.5 Å². The second-order valence-corrected chi connectivity index (χ2v) is 7.51. The van der Waals surface area contributed by atoms with Crippen LogP contribution in [0.25, 0.3) is 0 Å². The first-order valence-corrected chi connectivity index (χ1v) is 8.62. The zero-order valence-electron chi connectivity index (χ0n) is 11.7. The van der Waals surface area contributed by atoms with Gasteiger partial charge in [0.15, 0.2) is 0 Å². The second-order valence-electron chi connectivity index (χ2n) is 3.92. The molecule has 0 spiro atoms. The van der Waals surface area contributed by atoms with Crippen LogP contribution in [0.3, 0.4) is 0 Å². The first kappa shape index (κ1) is 21.0. The maximum atomic E-state index is 11.7. The van der Waals surface area contributed by atoms with Crippen molar-refractivity contribution >= 4 is 44.2 Å². The smallest absolute Gasteiger partial charge is 0.861 e. The Morgan fingerprint density at radius 2 is 2.00 bits per heavy atom. The van der Waals surface area contributed by atoms with Gasteiger partial charge in [0.25, 0.3) is 10.1 Å². The van der Waals surface area contributed by atoms with E-state index < -0.39 is 27.0 Å². The van der Waals surface area contributed by atoms with Gasteiger partial charge in [0.2, 0.25) is 0 Å². The van der Waals surface area contributed by atoms with Crippen molar-refractivity contribution in [3.63, 3.8) is 0 Å². The molecule has 0 fully saturated rings. The summed E-state index contributed by atoms with van der Waals surface area (Å²) in [6, 6.07) is 9.27. The van der Waals surface area contributed by atoms with E-state index in [-0.39, 0.29) is 36.1 Å². The van der Waals surface area contributed by atoms with Crippen molar-refractivity contribution in [2.45, 2.75) is 12.2 Å². The van der Waals surface area contributed by atoms with E-state index in [2.05, 4.69) is 4.99 Å². The zero-order valence-corrected chi connectivity index (χ0v) is 16.2. The molecule has 0 heterocycles. The van der Waals surface area contributed by atoms with Gasteiger partial charge in [0.05, 0.1) is 16.5 Å². The summed E-state index contributed by atoms with van der Waals surface area (Å²) in [6.45, 7) is 1.40. The van der Waals surface area contributed by atoms with E-state index in [1.807, 2.05) is 30.3 Å². The van der Waals surface area contributed by atoms with Gasteiger partial charge < -0.3 is 10.1 Å². The van der Waals surface area contributed by atoms with E-state index in [0.29, 0.717) is 4.20 Å². The number of hydrogen-bond donors (Lipinski definition) is 1. The monoisotopic (exact) mass is 355 g/mol. The fourth-order valence-electron chi connectivity index (χ4n) is 1.25. The molecule has 0 bridgehead atoms. The van der Waals surface area contributed by atoms with E-state index >= 15 is 0 Å². The van der Waals surface area contributed by atoms with Gasteiger partial charge in [-0.2, -0.15) is 8.42 Å². The average Bonchev–Trinajstić information content (AvgIpc) is 2.38. The quantitative estimate of drug-likeness (QED) is 0.212. The van der Waals surface area contributed by atoms with Crippen LogP contribution in [-0.2, 0) is 10.1 Å². The Bertz CT molecular complexity index is 590. The van der Waals surface area contributed by atoms with Crippen LogP contribution < -0.4 is 34.7 Å². The van der Waals surface area contributed by atoms with E-state index in [4.69, 9.17) is 16.8 Å². The third-order valence-corrected chi connectivity index (χ3v) is 4.49. The molecule has 0 saturated heterocycles. The molecule has 5 nitrogen and oxygen atoms in total. The van der Waals surface area contributed by atoms with Gasteiger partial charge >= 0.3 is 29.6 Å². The molecular weight excluding hydrogens is 341 g/mol. The van der Waals surface area contributed by atoms with Crippen LogP contribution in [0.15, 0.2) is 35.3 Å². The number of rotatable bonds is 6. The molecule has 1 rings (SSSR count). The van der Waals surface area contributed by atoms with Crippen molar-refractivity contribution in [1.29, 1.82) is 0 Å². The third-order valence-electron chi connectivity index (χ3n) is 2.26. The molecule has 0 aromatic heterocycles. The van der Waals surface area contributed by atoms with Crippen LogP contribution in [0, 0.1) is 0 Å². The van der Waals surface area contributed by atoms with E-state index in [0.717, 1.165) is 5.56 Å². The van der Waals surface area contributed by atoms with Crippen LogP contribution in [0.5, 0.6) is 0 Å². The molecule has 110 valence electrons. The summed E-state index contributed by atoms with van der Waals surface area (Å²) < 4.78 is 30.1. The first-order valence-electron chi connectivity index (χ1n) is 5.72. The summed E-state index contributed by atoms with van der Waals surface area (Å²) >= 11 is 6.42. The maximum absolute atomic E-state index is 11.7. The van der Waals surface area contributed by atoms with Crippen molar-refractivity contribution in [1.82, 2.24) is 0 Å². The molecule has 1 aromatic rings. The molecule has 0 amide bonds. The minimum atomic E-state index is -4.09. The molecule has 1 atom stereocenters. The molecule has 1 unspecified atom stereocenters. The van der Waals surface area contributed by atoms with E-state index in [9.17, 15) is 13.5 Å². The SMILES string of the molecule is CC(SC(=S)c1ccccc1)C([O-])=NCCS(=O)(=O)O.[Na+]. The molecule has 9 heteroatoms. The Kier molecular flexibility index (Phi) is 9.96. The summed E-state index contributed by atoms with van der Waals surface area (Å²) in [7, 11) is -4.09. The Morgan fingerprint density at radius 3 is 2.52 bits per heavy atom. The van der Waals surface area contributed by atoms with Crippen LogP contribution in [0.4, 0.5) is 0 Å². The molecule has 21 heavy (non-hydrogen) atoms. The number of nitrogens with zero attached hydrogens (tertiary/aromatic N) is 1. The van der Waals surface area contributed by atoms with Gasteiger partial charge in [-0.25, -0.2) is 0 Å². The van der Waals surface area contributed by atoms with Crippen molar-refractivity contribution in [2.75, 3.05) is 12.3 Å². The van der Waals surface area contributed by atoms with Crippen molar-refractivity contribution in [3.05, 3.63) is 35.9 Å². The number of hydrogen-bond acceptors (Lipinski definition) is 6. The Labute approximate surface area is 156 Å². The van der Waals surface area contributed by atoms with Gasteiger partial charge in [-0.05, 0) is 18.4 Å². The van der Waals surface area contributed by atoms with Gasteiger partial charge in [-0.3, -0.25) is 4.55 Å². The molecule has 0 aliphatic rings. The van der Waals surface area contributed by atoms with Gasteiger partial charge in [0, 0.05) is 5.25 Å². The summed E-state index contributed by atoms with van der Waals surface area (Å²) in [5.74, 6) is -1.00. The molecule has 0 saturated carbocycles. The van der Waals surface area contributed by atoms with E-state index in [1.165, 1.54) is 11.8 Å². The van der Waals surface area contributed by atoms with Crippen LogP contribution in [0.2, 0.25) is 0 Å². The number of benzene rings is 1. The van der Waals surface area contributed by atoms with Crippen LogP contribution in [0.1, 0.15) is 12.5 Å². The number of thiocarbonyl (C=S) groups is 1. The summed E-state index contributed by atoms with van der Waals surface area (Å²) in [6.07, 6.45) is 0. The predicted octanol–water partition coefficient (Wildman–Crippen LogP) is -1.87. The number of aliphatic imine (C=N–C) groups is 1. The topological polar surface area (TPSA) is 89.8 Å². The maximum Gasteiger partial charge on any atom is 1.00 e. The average molecular weight is 355 g/mol. The Morgan fingerprint density at radius 1 is 1.43 bits per heavy atom. The summed E-state index contributed by atoms with van der Waals surface area (Å²) in [5.41, 5.74) is 0.852. The van der Waals surface area contributed by atoms with Crippen LogP contribution >= 0.6 is 24.0 Å². The fourth-order valence-corrected chi connectivity index (χ4v) is 2.91. The molecule has 1 aromatic carbocycles. The van der Waals surface area contributed by atoms with Crippen LogP contribution in [-0.4, -0.2) is 40.6 Å². The largest absolute Gasteiger partial charge is 1.00 e. The minimum Gasteiger partial charge on any atom is -0.861 e. The molecule has 1 N–H and O–H groups in total. The Balaban J connectivity index is 0.00000400. The number of thioether (sulfide) groups is 1. The fraction of sp³-hybridized carbons (Fsp3) is 0.333. The second kappa shape index (κ2) is 9.94. The molecule has 0 aliphatic heterocycles. The van der Waals surface area contributed by atoms with E-state index in [1.54, 1.807) is 6.92 Å². The zero-order chi connectivity index (χ0) is 15.2. The molecule has 0 radical (unpaired) electrons. The summed E-state index contributed by atoms with van der Waals surface area (Å²) in [5, 5.41) is 11.2. The predicted molar refractivity (Wildman–Crippen MR) is 83.9 cm³/mol. The van der Waals surface area contributed by atoms with Crippen molar-refractivity contribution in [3.8, 4) is 0 Å². The van der Waals surface area contributed by atoms with Gasteiger partial charge in [-0.15, -0.1) is 11.8 Å².